The van der Waals surface area contributed by atoms with E-state index in [1.165, 1.54) is 18.3 Å². The van der Waals surface area contributed by atoms with Crippen molar-refractivity contribution >= 4 is 5.91 Å². The fourth-order valence-electron chi connectivity index (χ4n) is 1.37. The molecule has 4 heteroatoms. The summed E-state index contributed by atoms with van der Waals surface area (Å²) < 4.78 is 12.7. The first-order valence-electron chi connectivity index (χ1n) is 4.57. The third-order valence-corrected chi connectivity index (χ3v) is 2.39. The number of carbonyl (C=O) groups is 1. The number of aromatic nitrogens is 1. The summed E-state index contributed by atoms with van der Waals surface area (Å²) in [6, 6.07) is 3.05. The largest absolute Gasteiger partial charge is 0.339 e. The Morgan fingerprint density at radius 2 is 2.36 bits per heavy atom. The van der Waals surface area contributed by atoms with Crippen LogP contribution in [0.5, 0.6) is 0 Å². The van der Waals surface area contributed by atoms with Gasteiger partial charge < -0.3 is 4.90 Å². The number of nitrogens with zero attached hydrogens (tertiary/aromatic N) is 2. The highest BCUT2D eigenvalue weighted by atomic mass is 19.1. The minimum absolute atomic E-state index is 0.131. The summed E-state index contributed by atoms with van der Waals surface area (Å²) in [5, 5.41) is 0. The lowest BCUT2D eigenvalue weighted by Gasteiger charge is -2.15. The fourth-order valence-corrected chi connectivity index (χ4v) is 1.37. The summed E-state index contributed by atoms with van der Waals surface area (Å²) in [6.07, 6.45) is 3.41. The molecule has 1 amide bonds. The average Bonchev–Trinajstić information content (AvgIpc) is 2.99. The topological polar surface area (TPSA) is 33.2 Å². The van der Waals surface area contributed by atoms with Gasteiger partial charge in [-0.1, -0.05) is 0 Å². The monoisotopic (exact) mass is 194 g/mol. The van der Waals surface area contributed by atoms with Crippen molar-refractivity contribution in [2.75, 3.05) is 7.05 Å². The Labute approximate surface area is 81.6 Å². The van der Waals surface area contributed by atoms with Crippen molar-refractivity contribution < 1.29 is 9.18 Å². The van der Waals surface area contributed by atoms with Crippen LogP contribution in [0, 0.1) is 5.95 Å². The van der Waals surface area contributed by atoms with Crippen molar-refractivity contribution in [3.05, 3.63) is 29.8 Å². The lowest BCUT2D eigenvalue weighted by Crippen LogP contribution is -2.28. The highest BCUT2D eigenvalue weighted by Crippen LogP contribution is 2.26. The Hall–Kier alpha value is -1.45. The zero-order valence-electron chi connectivity index (χ0n) is 7.90. The van der Waals surface area contributed by atoms with Crippen molar-refractivity contribution in [3.63, 3.8) is 0 Å². The molecule has 14 heavy (non-hydrogen) atoms. The molecular formula is C10H11FN2O. The number of halogens is 1. The number of hydrogen-bond acceptors (Lipinski definition) is 2. The van der Waals surface area contributed by atoms with Crippen LogP contribution in [0.15, 0.2) is 18.3 Å². The number of hydrogen-bond donors (Lipinski definition) is 0. The molecule has 1 aliphatic carbocycles. The summed E-state index contributed by atoms with van der Waals surface area (Å²) in [5.41, 5.74) is 0.367. The van der Waals surface area contributed by atoms with Gasteiger partial charge in [0.1, 0.15) is 0 Å². The maximum absolute atomic E-state index is 12.7. The SMILES string of the molecule is CN(C(=O)c1ccnc(F)c1)C1CC1. The molecular weight excluding hydrogens is 183 g/mol. The minimum Gasteiger partial charge on any atom is -0.339 e. The summed E-state index contributed by atoms with van der Waals surface area (Å²) in [4.78, 5) is 16.8. The molecule has 1 aliphatic rings. The lowest BCUT2D eigenvalue weighted by atomic mass is 10.2. The fraction of sp³-hybridized carbons (Fsp3) is 0.400. The Kier molecular flexibility index (Phi) is 2.19. The van der Waals surface area contributed by atoms with Gasteiger partial charge in [0.05, 0.1) is 0 Å². The van der Waals surface area contributed by atoms with E-state index in [0.717, 1.165) is 12.8 Å². The smallest absolute Gasteiger partial charge is 0.254 e. The molecule has 0 aromatic carbocycles. The number of rotatable bonds is 2. The van der Waals surface area contributed by atoms with Gasteiger partial charge in [0.25, 0.3) is 5.91 Å². The van der Waals surface area contributed by atoms with Crippen molar-refractivity contribution in [3.8, 4) is 0 Å². The number of amides is 1. The van der Waals surface area contributed by atoms with E-state index in [9.17, 15) is 9.18 Å². The third kappa shape index (κ3) is 1.73. The molecule has 1 fully saturated rings. The van der Waals surface area contributed by atoms with Gasteiger partial charge in [0.15, 0.2) is 0 Å². The Morgan fingerprint density at radius 1 is 1.64 bits per heavy atom. The molecule has 0 unspecified atom stereocenters. The Morgan fingerprint density at radius 3 is 2.93 bits per heavy atom. The highest BCUT2D eigenvalue weighted by molar-refractivity contribution is 5.94. The standard InChI is InChI=1S/C10H11FN2O/c1-13(8-2-3-8)10(14)7-4-5-12-9(11)6-7/h4-6,8H,2-3H2,1H3. The first kappa shape index (κ1) is 9.12. The van der Waals surface area contributed by atoms with Crippen molar-refractivity contribution in [1.29, 1.82) is 0 Å². The van der Waals surface area contributed by atoms with Crippen LogP contribution in [-0.4, -0.2) is 28.9 Å². The van der Waals surface area contributed by atoms with Gasteiger partial charge in [-0.15, -0.1) is 0 Å². The van der Waals surface area contributed by atoms with E-state index in [1.54, 1.807) is 11.9 Å². The Balaban J connectivity index is 2.17. The third-order valence-electron chi connectivity index (χ3n) is 2.39. The van der Waals surface area contributed by atoms with Gasteiger partial charge in [-0.3, -0.25) is 4.79 Å². The molecule has 0 spiro atoms. The lowest BCUT2D eigenvalue weighted by molar-refractivity contribution is 0.0784. The second kappa shape index (κ2) is 3.36. The molecule has 3 nitrogen and oxygen atoms in total. The molecule has 0 bridgehead atoms. The molecule has 0 saturated heterocycles. The van der Waals surface area contributed by atoms with Crippen molar-refractivity contribution in [2.24, 2.45) is 0 Å². The van der Waals surface area contributed by atoms with Crippen LogP contribution in [0.4, 0.5) is 4.39 Å². The first-order valence-corrected chi connectivity index (χ1v) is 4.57. The Bertz CT molecular complexity index is 363. The van der Waals surface area contributed by atoms with E-state index in [4.69, 9.17) is 0 Å². The van der Waals surface area contributed by atoms with E-state index < -0.39 is 5.95 Å². The van der Waals surface area contributed by atoms with Crippen LogP contribution in [0.25, 0.3) is 0 Å². The predicted octanol–water partition coefficient (Wildman–Crippen LogP) is 1.46. The second-order valence-corrected chi connectivity index (χ2v) is 3.51. The second-order valence-electron chi connectivity index (χ2n) is 3.51. The molecule has 1 saturated carbocycles. The highest BCUT2D eigenvalue weighted by Gasteiger charge is 2.30. The molecule has 2 rings (SSSR count). The van der Waals surface area contributed by atoms with Crippen LogP contribution in [0.2, 0.25) is 0 Å². The number of pyridine rings is 1. The summed E-state index contributed by atoms with van der Waals surface area (Å²) in [6.45, 7) is 0. The van der Waals surface area contributed by atoms with E-state index >= 15 is 0 Å². The average molecular weight is 194 g/mol. The molecule has 0 aliphatic heterocycles. The van der Waals surface area contributed by atoms with Gasteiger partial charge >= 0.3 is 0 Å². The molecule has 1 aromatic rings. The van der Waals surface area contributed by atoms with Crippen LogP contribution >= 0.6 is 0 Å². The van der Waals surface area contributed by atoms with Crippen LogP contribution < -0.4 is 0 Å². The van der Waals surface area contributed by atoms with Crippen LogP contribution in [0.3, 0.4) is 0 Å². The summed E-state index contributed by atoms with van der Waals surface area (Å²) >= 11 is 0. The molecule has 74 valence electrons. The van der Waals surface area contributed by atoms with Crippen molar-refractivity contribution in [1.82, 2.24) is 9.88 Å². The quantitative estimate of drug-likeness (QED) is 0.668. The van der Waals surface area contributed by atoms with Gasteiger partial charge in [0, 0.05) is 30.9 Å². The van der Waals surface area contributed by atoms with Gasteiger partial charge in [0.2, 0.25) is 5.95 Å². The van der Waals surface area contributed by atoms with Crippen LogP contribution in [-0.2, 0) is 0 Å². The van der Waals surface area contributed by atoms with E-state index in [0.29, 0.717) is 11.6 Å². The maximum atomic E-state index is 12.7. The minimum atomic E-state index is -0.611. The molecule has 0 N–H and O–H groups in total. The number of carbonyl (C=O) groups excluding carboxylic acids is 1. The van der Waals surface area contributed by atoms with Gasteiger partial charge in [-0.25, -0.2) is 4.98 Å². The predicted molar refractivity (Wildman–Crippen MR) is 49.3 cm³/mol. The molecule has 0 radical (unpaired) electrons. The molecule has 0 atom stereocenters. The molecule has 1 heterocycles. The normalized spacial score (nSPS) is 15.3. The zero-order valence-corrected chi connectivity index (χ0v) is 7.90. The summed E-state index contributed by atoms with van der Waals surface area (Å²) in [5.74, 6) is -0.742. The van der Waals surface area contributed by atoms with Gasteiger partial charge in [-0.2, -0.15) is 4.39 Å². The summed E-state index contributed by atoms with van der Waals surface area (Å²) in [7, 11) is 1.75. The van der Waals surface area contributed by atoms with Gasteiger partial charge in [-0.05, 0) is 18.9 Å². The van der Waals surface area contributed by atoms with E-state index in [2.05, 4.69) is 4.98 Å². The maximum Gasteiger partial charge on any atom is 0.254 e. The van der Waals surface area contributed by atoms with Crippen LogP contribution in [0.1, 0.15) is 23.2 Å². The van der Waals surface area contributed by atoms with Crippen molar-refractivity contribution in [2.45, 2.75) is 18.9 Å². The van der Waals surface area contributed by atoms with E-state index in [-0.39, 0.29) is 5.91 Å². The molecule has 1 aromatic heterocycles. The van der Waals surface area contributed by atoms with E-state index in [1.807, 2.05) is 0 Å². The first-order chi connectivity index (χ1) is 6.68. The zero-order chi connectivity index (χ0) is 10.1.